The third-order valence-corrected chi connectivity index (χ3v) is 2.76. The second kappa shape index (κ2) is 5.27. The summed E-state index contributed by atoms with van der Waals surface area (Å²) in [6, 6.07) is 6.82. The molecule has 2 N–H and O–H groups in total. The third kappa shape index (κ3) is 2.82. The van der Waals surface area contributed by atoms with Crippen LogP contribution < -0.4 is 4.90 Å². The van der Waals surface area contributed by atoms with E-state index in [1.54, 1.807) is 24.3 Å². The van der Waals surface area contributed by atoms with Gasteiger partial charge >= 0.3 is 0 Å². The van der Waals surface area contributed by atoms with Crippen LogP contribution in [0.3, 0.4) is 0 Å². The van der Waals surface area contributed by atoms with E-state index in [4.69, 9.17) is 14.9 Å². The van der Waals surface area contributed by atoms with Crippen LogP contribution in [-0.2, 0) is 4.74 Å². The maximum absolute atomic E-state index is 11.3. The summed E-state index contributed by atoms with van der Waals surface area (Å²) in [6.45, 7) is 3.07. The molecule has 0 atom stereocenters. The van der Waals surface area contributed by atoms with Gasteiger partial charge in [-0.1, -0.05) is 0 Å². The fourth-order valence-electron chi connectivity index (χ4n) is 1.81. The molecule has 1 heterocycles. The van der Waals surface area contributed by atoms with Crippen molar-refractivity contribution in [1.82, 2.24) is 0 Å². The number of Topliss-reactive ketones (excluding diaryl/α,β-unsaturated/α-hetero) is 1. The van der Waals surface area contributed by atoms with Gasteiger partial charge in [-0.05, 0) is 24.3 Å². The lowest BCUT2D eigenvalue weighted by Crippen LogP contribution is -2.36. The summed E-state index contributed by atoms with van der Waals surface area (Å²) in [4.78, 5) is 13.5. The Balaban J connectivity index is 2.09. The Morgan fingerprint density at radius 2 is 1.76 bits per heavy atom. The van der Waals surface area contributed by atoms with Crippen LogP contribution >= 0.6 is 0 Å². The summed E-state index contributed by atoms with van der Waals surface area (Å²) in [7, 11) is 0. The molecule has 0 bridgehead atoms. The molecule has 2 rings (SSSR count). The molecule has 1 saturated heterocycles. The van der Waals surface area contributed by atoms with Crippen molar-refractivity contribution in [2.45, 2.75) is 6.29 Å². The number of rotatable bonds is 3. The van der Waals surface area contributed by atoms with Gasteiger partial charge in [-0.25, -0.2) is 0 Å². The average molecular weight is 237 g/mol. The zero-order valence-corrected chi connectivity index (χ0v) is 9.37. The first kappa shape index (κ1) is 12.0. The number of benzene rings is 1. The fraction of sp³-hybridized carbons (Fsp3) is 0.417. The number of nitrogens with zero attached hydrogens (tertiary/aromatic N) is 1. The predicted molar refractivity (Wildman–Crippen MR) is 62.0 cm³/mol. The molecule has 0 aliphatic carbocycles. The summed E-state index contributed by atoms with van der Waals surface area (Å²) in [5.41, 5.74) is 1.31. The zero-order chi connectivity index (χ0) is 12.3. The first-order chi connectivity index (χ1) is 8.18. The lowest BCUT2D eigenvalue weighted by molar-refractivity contribution is -0.0195. The van der Waals surface area contributed by atoms with Gasteiger partial charge < -0.3 is 19.8 Å². The van der Waals surface area contributed by atoms with Crippen molar-refractivity contribution in [3.63, 3.8) is 0 Å². The average Bonchev–Trinajstić information content (AvgIpc) is 2.39. The Hall–Kier alpha value is -1.43. The summed E-state index contributed by atoms with van der Waals surface area (Å²) in [6.07, 6.45) is -1.94. The number of aliphatic hydroxyl groups is 2. The van der Waals surface area contributed by atoms with Gasteiger partial charge in [0.2, 0.25) is 12.1 Å². The molecule has 0 radical (unpaired) electrons. The summed E-state index contributed by atoms with van der Waals surface area (Å²) < 4.78 is 5.25. The Morgan fingerprint density at radius 1 is 1.18 bits per heavy atom. The van der Waals surface area contributed by atoms with Crippen LogP contribution in [0.1, 0.15) is 10.4 Å². The zero-order valence-electron chi connectivity index (χ0n) is 9.37. The number of ether oxygens (including phenoxy) is 1. The van der Waals surface area contributed by atoms with E-state index in [9.17, 15) is 4.79 Å². The van der Waals surface area contributed by atoms with Gasteiger partial charge in [0.15, 0.2) is 0 Å². The molecule has 17 heavy (non-hydrogen) atoms. The highest BCUT2D eigenvalue weighted by Gasteiger charge is 2.15. The molecule has 1 aliphatic heterocycles. The van der Waals surface area contributed by atoms with E-state index in [0.29, 0.717) is 18.8 Å². The van der Waals surface area contributed by atoms with Gasteiger partial charge in [0.05, 0.1) is 13.2 Å². The van der Waals surface area contributed by atoms with Gasteiger partial charge in [-0.15, -0.1) is 0 Å². The molecule has 0 saturated carbocycles. The van der Waals surface area contributed by atoms with Crippen LogP contribution in [0.4, 0.5) is 5.69 Å². The Labute approximate surface area is 99.2 Å². The molecule has 5 nitrogen and oxygen atoms in total. The Morgan fingerprint density at radius 3 is 2.29 bits per heavy atom. The molecular formula is C12H15NO4. The summed E-state index contributed by atoms with van der Waals surface area (Å²) >= 11 is 0. The van der Waals surface area contributed by atoms with Gasteiger partial charge in [-0.3, -0.25) is 4.79 Å². The number of hydrogen-bond donors (Lipinski definition) is 2. The van der Waals surface area contributed by atoms with E-state index >= 15 is 0 Å². The van der Waals surface area contributed by atoms with Gasteiger partial charge in [0.1, 0.15) is 0 Å². The third-order valence-electron chi connectivity index (χ3n) is 2.76. The van der Waals surface area contributed by atoms with Gasteiger partial charge in [-0.2, -0.15) is 0 Å². The molecule has 0 aromatic heterocycles. The molecular weight excluding hydrogens is 222 g/mol. The number of anilines is 1. The molecule has 5 heteroatoms. The van der Waals surface area contributed by atoms with Gasteiger partial charge in [0, 0.05) is 24.3 Å². The number of ketones is 1. The highest BCUT2D eigenvalue weighted by molar-refractivity contribution is 5.98. The molecule has 0 unspecified atom stereocenters. The van der Waals surface area contributed by atoms with Crippen molar-refractivity contribution < 1.29 is 19.7 Å². The largest absolute Gasteiger partial charge is 0.378 e. The van der Waals surface area contributed by atoms with E-state index in [1.807, 2.05) is 0 Å². The monoisotopic (exact) mass is 237 g/mol. The number of carbonyl (C=O) groups excluding carboxylic acids is 1. The number of morpholine rings is 1. The standard InChI is InChI=1S/C12H15NO4/c14-11(12(15)16)9-1-3-10(4-2-9)13-5-7-17-8-6-13/h1-4,12,15-16H,5-8H2. The van der Waals surface area contributed by atoms with Crippen LogP contribution in [0.15, 0.2) is 24.3 Å². The van der Waals surface area contributed by atoms with Gasteiger partial charge in [0.25, 0.3) is 0 Å². The normalized spacial score (nSPS) is 16.3. The van der Waals surface area contributed by atoms with Crippen molar-refractivity contribution >= 4 is 11.5 Å². The van der Waals surface area contributed by atoms with Crippen LogP contribution in [0.2, 0.25) is 0 Å². The van der Waals surface area contributed by atoms with Crippen LogP contribution in [-0.4, -0.2) is 48.6 Å². The van der Waals surface area contributed by atoms with Crippen molar-refractivity contribution in [2.24, 2.45) is 0 Å². The highest BCUT2D eigenvalue weighted by atomic mass is 16.5. The van der Waals surface area contributed by atoms with Crippen LogP contribution in [0, 0.1) is 0 Å². The Bertz CT molecular complexity index is 382. The van der Waals surface area contributed by atoms with E-state index in [-0.39, 0.29) is 0 Å². The van der Waals surface area contributed by atoms with Crippen molar-refractivity contribution in [3.8, 4) is 0 Å². The SMILES string of the molecule is O=C(c1ccc(N2CCOCC2)cc1)C(O)O. The highest BCUT2D eigenvalue weighted by Crippen LogP contribution is 2.17. The molecule has 1 fully saturated rings. The molecule has 1 aromatic carbocycles. The quantitative estimate of drug-likeness (QED) is 0.573. The summed E-state index contributed by atoms with van der Waals surface area (Å²) in [5, 5.41) is 17.5. The minimum atomic E-state index is -1.94. The molecule has 92 valence electrons. The van der Waals surface area contributed by atoms with Crippen LogP contribution in [0.5, 0.6) is 0 Å². The molecule has 1 aromatic rings. The maximum atomic E-state index is 11.3. The van der Waals surface area contributed by atoms with Crippen molar-refractivity contribution in [3.05, 3.63) is 29.8 Å². The lowest BCUT2D eigenvalue weighted by Gasteiger charge is -2.28. The van der Waals surface area contributed by atoms with E-state index < -0.39 is 12.1 Å². The molecule has 0 amide bonds. The molecule has 1 aliphatic rings. The number of aliphatic hydroxyl groups excluding tert-OH is 1. The fourth-order valence-corrected chi connectivity index (χ4v) is 1.81. The van der Waals surface area contributed by atoms with Crippen LogP contribution in [0.25, 0.3) is 0 Å². The predicted octanol–water partition coefficient (Wildman–Crippen LogP) is 0.0166. The van der Waals surface area contributed by atoms with E-state index in [2.05, 4.69) is 4.90 Å². The second-order valence-corrected chi connectivity index (χ2v) is 3.88. The summed E-state index contributed by atoms with van der Waals surface area (Å²) in [5.74, 6) is -0.682. The Kier molecular flexibility index (Phi) is 3.73. The second-order valence-electron chi connectivity index (χ2n) is 3.88. The first-order valence-corrected chi connectivity index (χ1v) is 5.51. The smallest absolute Gasteiger partial charge is 0.218 e. The maximum Gasteiger partial charge on any atom is 0.218 e. The molecule has 0 spiro atoms. The number of carbonyl (C=O) groups is 1. The minimum absolute atomic E-state index is 0.303. The van der Waals surface area contributed by atoms with Crippen molar-refractivity contribution in [2.75, 3.05) is 31.2 Å². The van der Waals surface area contributed by atoms with E-state index in [0.717, 1.165) is 18.8 Å². The lowest BCUT2D eigenvalue weighted by atomic mass is 10.1. The topological polar surface area (TPSA) is 70.0 Å². The minimum Gasteiger partial charge on any atom is -0.378 e. The first-order valence-electron chi connectivity index (χ1n) is 5.51. The number of hydrogen-bond acceptors (Lipinski definition) is 5. The van der Waals surface area contributed by atoms with E-state index in [1.165, 1.54) is 0 Å². The van der Waals surface area contributed by atoms with Crippen molar-refractivity contribution in [1.29, 1.82) is 0 Å².